The lowest BCUT2D eigenvalue weighted by Gasteiger charge is -2.26. The van der Waals surface area contributed by atoms with Gasteiger partial charge in [0.1, 0.15) is 0 Å². The number of rotatable bonds is 3. The Hall–Kier alpha value is -0.340. The lowest BCUT2D eigenvalue weighted by molar-refractivity contribution is 0.236. The molecule has 1 aliphatic rings. The van der Waals surface area contributed by atoms with Crippen LogP contribution in [0, 0.1) is 11.3 Å². The third-order valence-electron chi connectivity index (χ3n) is 3.16. The molecule has 1 unspecified atom stereocenters. The van der Waals surface area contributed by atoms with Gasteiger partial charge < -0.3 is 5.73 Å². The molecule has 0 radical (unpaired) electrons. The average Bonchev–Trinajstić information content (AvgIpc) is 2.52. The molecule has 0 aliphatic carbocycles. The van der Waals surface area contributed by atoms with Crippen LogP contribution in [0.4, 0.5) is 0 Å². The average molecular weight is 196 g/mol. The molecule has 0 aromatic heterocycles. The Kier molecular flexibility index (Phi) is 4.14. The van der Waals surface area contributed by atoms with Crippen molar-refractivity contribution in [3.8, 4) is 0 Å². The summed E-state index contributed by atoms with van der Waals surface area (Å²) in [5, 5.41) is 0. The minimum absolute atomic E-state index is 0.465. The van der Waals surface area contributed by atoms with Gasteiger partial charge in [0.2, 0.25) is 0 Å². The summed E-state index contributed by atoms with van der Waals surface area (Å²) < 4.78 is 0. The van der Waals surface area contributed by atoms with Crippen LogP contribution in [0.3, 0.4) is 0 Å². The molecule has 2 N–H and O–H groups in total. The van der Waals surface area contributed by atoms with E-state index >= 15 is 0 Å². The molecule has 0 bridgehead atoms. The molecule has 0 aromatic rings. The fraction of sp³-hybridized carbons (Fsp3) is 0.833. The van der Waals surface area contributed by atoms with Crippen LogP contribution in [0.1, 0.15) is 27.2 Å². The van der Waals surface area contributed by atoms with Crippen molar-refractivity contribution >= 4 is 0 Å². The first-order chi connectivity index (χ1) is 6.54. The second-order valence-corrected chi connectivity index (χ2v) is 5.32. The molecular formula is C12H24N2. The van der Waals surface area contributed by atoms with E-state index in [1.165, 1.54) is 19.5 Å². The monoisotopic (exact) mass is 196 g/mol. The van der Waals surface area contributed by atoms with Crippen molar-refractivity contribution in [2.75, 3.05) is 26.2 Å². The Balaban J connectivity index is 2.31. The molecule has 82 valence electrons. The molecule has 1 rings (SSSR count). The van der Waals surface area contributed by atoms with Gasteiger partial charge in [-0.05, 0) is 24.3 Å². The zero-order valence-corrected chi connectivity index (χ0v) is 9.79. The third kappa shape index (κ3) is 3.43. The minimum Gasteiger partial charge on any atom is -0.327 e. The number of nitrogens with two attached hydrogens (primary N) is 1. The fourth-order valence-corrected chi connectivity index (χ4v) is 2.03. The maximum Gasteiger partial charge on any atom is 0.0163 e. The van der Waals surface area contributed by atoms with Crippen LogP contribution in [0.15, 0.2) is 12.2 Å². The van der Waals surface area contributed by atoms with Crippen LogP contribution in [0.5, 0.6) is 0 Å². The van der Waals surface area contributed by atoms with E-state index in [0.29, 0.717) is 12.0 Å². The summed E-state index contributed by atoms with van der Waals surface area (Å²) in [7, 11) is 0. The highest BCUT2D eigenvalue weighted by molar-refractivity contribution is 4.90. The van der Waals surface area contributed by atoms with E-state index in [4.69, 9.17) is 5.73 Å². The second kappa shape index (κ2) is 4.94. The molecule has 1 heterocycles. The lowest BCUT2D eigenvalue weighted by Crippen LogP contribution is -2.26. The Labute approximate surface area is 88.2 Å². The standard InChI is InChI=1S/C12H24N2/c1-12(2,3)11-6-9-14(10-11)8-5-4-7-13/h4-5,11H,6-10,13H2,1-3H3/b5-4+. The fourth-order valence-electron chi connectivity index (χ4n) is 2.03. The van der Waals surface area contributed by atoms with Gasteiger partial charge in [-0.2, -0.15) is 0 Å². The van der Waals surface area contributed by atoms with Crippen LogP contribution in [-0.2, 0) is 0 Å². The summed E-state index contributed by atoms with van der Waals surface area (Å²) in [6.45, 7) is 11.3. The van der Waals surface area contributed by atoms with Gasteiger partial charge in [0, 0.05) is 19.6 Å². The van der Waals surface area contributed by atoms with Crippen LogP contribution < -0.4 is 5.73 Å². The Morgan fingerprint density at radius 2 is 2.07 bits per heavy atom. The van der Waals surface area contributed by atoms with Crippen LogP contribution in [0.25, 0.3) is 0 Å². The van der Waals surface area contributed by atoms with Gasteiger partial charge in [-0.3, -0.25) is 4.90 Å². The van der Waals surface area contributed by atoms with Crippen molar-refractivity contribution < 1.29 is 0 Å². The van der Waals surface area contributed by atoms with Crippen LogP contribution in [-0.4, -0.2) is 31.1 Å². The number of hydrogen-bond acceptors (Lipinski definition) is 2. The van der Waals surface area contributed by atoms with E-state index in [2.05, 4.69) is 31.7 Å². The molecular weight excluding hydrogens is 172 g/mol. The molecule has 2 heteroatoms. The predicted octanol–water partition coefficient (Wildman–Crippen LogP) is 1.87. The predicted molar refractivity (Wildman–Crippen MR) is 62.2 cm³/mol. The first kappa shape index (κ1) is 11.7. The van der Waals surface area contributed by atoms with E-state index < -0.39 is 0 Å². The van der Waals surface area contributed by atoms with Gasteiger partial charge in [-0.15, -0.1) is 0 Å². The maximum absolute atomic E-state index is 5.40. The van der Waals surface area contributed by atoms with E-state index in [0.717, 1.165) is 12.5 Å². The number of hydrogen-bond donors (Lipinski definition) is 1. The van der Waals surface area contributed by atoms with Crippen molar-refractivity contribution in [1.82, 2.24) is 4.90 Å². The highest BCUT2D eigenvalue weighted by Gasteiger charge is 2.30. The smallest absolute Gasteiger partial charge is 0.0163 e. The normalized spacial score (nSPS) is 25.0. The van der Waals surface area contributed by atoms with Gasteiger partial charge in [-0.1, -0.05) is 32.9 Å². The van der Waals surface area contributed by atoms with Crippen LogP contribution >= 0.6 is 0 Å². The van der Waals surface area contributed by atoms with E-state index in [1.54, 1.807) is 0 Å². The molecule has 2 nitrogen and oxygen atoms in total. The van der Waals surface area contributed by atoms with Gasteiger partial charge in [0.25, 0.3) is 0 Å². The molecule has 0 aromatic carbocycles. The van der Waals surface area contributed by atoms with Crippen molar-refractivity contribution in [3.05, 3.63) is 12.2 Å². The Morgan fingerprint density at radius 1 is 1.36 bits per heavy atom. The van der Waals surface area contributed by atoms with Gasteiger partial charge >= 0.3 is 0 Å². The summed E-state index contributed by atoms with van der Waals surface area (Å²) in [4.78, 5) is 2.52. The minimum atomic E-state index is 0.465. The van der Waals surface area contributed by atoms with Crippen molar-refractivity contribution in [1.29, 1.82) is 0 Å². The topological polar surface area (TPSA) is 29.3 Å². The van der Waals surface area contributed by atoms with Gasteiger partial charge in [-0.25, -0.2) is 0 Å². The summed E-state index contributed by atoms with van der Waals surface area (Å²) in [5.41, 5.74) is 5.87. The van der Waals surface area contributed by atoms with Gasteiger partial charge in [0.05, 0.1) is 0 Å². The lowest BCUT2D eigenvalue weighted by atomic mass is 9.80. The largest absolute Gasteiger partial charge is 0.327 e. The second-order valence-electron chi connectivity index (χ2n) is 5.32. The van der Waals surface area contributed by atoms with Crippen molar-refractivity contribution in [3.63, 3.8) is 0 Å². The van der Waals surface area contributed by atoms with E-state index in [9.17, 15) is 0 Å². The highest BCUT2D eigenvalue weighted by Crippen LogP contribution is 2.33. The Morgan fingerprint density at radius 3 is 2.57 bits per heavy atom. The number of nitrogens with zero attached hydrogens (tertiary/aromatic N) is 1. The molecule has 0 saturated carbocycles. The van der Waals surface area contributed by atoms with Crippen molar-refractivity contribution in [2.24, 2.45) is 17.1 Å². The van der Waals surface area contributed by atoms with Crippen molar-refractivity contribution in [2.45, 2.75) is 27.2 Å². The Bertz CT molecular complexity index is 191. The molecule has 0 amide bonds. The van der Waals surface area contributed by atoms with Crippen LogP contribution in [0.2, 0.25) is 0 Å². The number of likely N-dealkylation sites (tertiary alicyclic amines) is 1. The molecule has 1 saturated heterocycles. The summed E-state index contributed by atoms with van der Waals surface area (Å²) in [6.07, 6.45) is 5.58. The highest BCUT2D eigenvalue weighted by atomic mass is 15.1. The molecule has 1 atom stereocenters. The van der Waals surface area contributed by atoms with E-state index in [-0.39, 0.29) is 0 Å². The summed E-state index contributed by atoms with van der Waals surface area (Å²) in [6, 6.07) is 0. The quantitative estimate of drug-likeness (QED) is 0.698. The first-order valence-corrected chi connectivity index (χ1v) is 5.61. The van der Waals surface area contributed by atoms with E-state index in [1.807, 2.05) is 6.08 Å². The SMILES string of the molecule is CC(C)(C)C1CCN(C/C=C/CN)C1. The zero-order chi connectivity index (χ0) is 10.6. The first-order valence-electron chi connectivity index (χ1n) is 5.61. The maximum atomic E-state index is 5.40. The molecule has 14 heavy (non-hydrogen) atoms. The molecule has 1 aliphatic heterocycles. The molecule has 0 spiro atoms. The van der Waals surface area contributed by atoms with Gasteiger partial charge in [0.15, 0.2) is 0 Å². The zero-order valence-electron chi connectivity index (χ0n) is 9.79. The summed E-state index contributed by atoms with van der Waals surface area (Å²) >= 11 is 0. The molecule has 1 fully saturated rings. The third-order valence-corrected chi connectivity index (χ3v) is 3.16. The summed E-state index contributed by atoms with van der Waals surface area (Å²) in [5.74, 6) is 0.855.